The van der Waals surface area contributed by atoms with Crippen LogP contribution in [0.15, 0.2) is 43.2 Å². The largest absolute Gasteiger partial charge is 0.387 e. The quantitative estimate of drug-likeness (QED) is 0.185. The topological polar surface area (TPSA) is 29.5 Å². The SMILES string of the molecule is C=C=C[C@@]12CC[C@](F)(C(=C)[CH2-])[C@@]1(C)CC[C@@]1(C=C)[C@H]2CC[C@@]2(F)C[C@@](O)(COC)CC[C@@H]21.[Rh]. The van der Waals surface area contributed by atoms with Gasteiger partial charge in [0, 0.05) is 49.8 Å². The summed E-state index contributed by atoms with van der Waals surface area (Å²) in [6.45, 7) is 18.1. The first-order valence-corrected chi connectivity index (χ1v) is 12.0. The van der Waals surface area contributed by atoms with Gasteiger partial charge in [0.25, 0.3) is 0 Å². The molecule has 4 rings (SSSR count). The van der Waals surface area contributed by atoms with Crippen LogP contribution in [0.1, 0.15) is 64.7 Å². The number of alkyl halides is 2. The zero-order valence-corrected chi connectivity index (χ0v) is 21.8. The average molecular weight is 549 g/mol. The summed E-state index contributed by atoms with van der Waals surface area (Å²) in [6, 6.07) is 0. The summed E-state index contributed by atoms with van der Waals surface area (Å²) in [4.78, 5) is 0. The zero-order valence-electron chi connectivity index (χ0n) is 20.2. The summed E-state index contributed by atoms with van der Waals surface area (Å²) >= 11 is 0. The van der Waals surface area contributed by atoms with E-state index >= 15 is 8.78 Å². The van der Waals surface area contributed by atoms with Crippen LogP contribution in [0.4, 0.5) is 8.78 Å². The van der Waals surface area contributed by atoms with Crippen molar-refractivity contribution in [2.24, 2.45) is 28.1 Å². The van der Waals surface area contributed by atoms with Crippen LogP contribution in [0.25, 0.3) is 0 Å². The van der Waals surface area contributed by atoms with Crippen LogP contribution in [0.3, 0.4) is 0 Å². The predicted molar refractivity (Wildman–Crippen MR) is 124 cm³/mol. The number of fused-ring (bicyclic) bond motifs is 5. The molecule has 0 aromatic heterocycles. The molecule has 187 valence electrons. The van der Waals surface area contributed by atoms with Gasteiger partial charge in [-0.05, 0) is 68.8 Å². The van der Waals surface area contributed by atoms with Crippen molar-refractivity contribution in [2.45, 2.75) is 81.6 Å². The van der Waals surface area contributed by atoms with E-state index in [2.05, 4.69) is 32.4 Å². The fraction of sp³-hybridized carbons (Fsp3) is 0.714. The van der Waals surface area contributed by atoms with Crippen LogP contribution in [0.2, 0.25) is 0 Å². The third kappa shape index (κ3) is 3.29. The predicted octanol–water partition coefficient (Wildman–Crippen LogP) is 6.47. The van der Waals surface area contributed by atoms with Crippen molar-refractivity contribution in [3.8, 4) is 0 Å². The second-order valence-corrected chi connectivity index (χ2v) is 11.5. The standard InChI is InChI=1S/C28H39F2O2.Rh/c1-7-11-26-16-17-28(30,20(3)4)23(26,5)14-15-25(8-2)21(26)10-13-27(29)18-24(31,19-32-6)12-9-22(25)27;/h8,11,21-22,31H,1-4,9-10,12-19H2,5-6H3;/q-1;/t21-,22-,23+,24-,25+,26+,27-,28+;/m1./s1. The first kappa shape index (κ1) is 26.9. The van der Waals surface area contributed by atoms with Crippen molar-refractivity contribution >= 4 is 0 Å². The number of halogens is 2. The Balaban J connectivity index is 0.00000306. The van der Waals surface area contributed by atoms with E-state index in [1.807, 2.05) is 19.1 Å². The van der Waals surface area contributed by atoms with Crippen molar-refractivity contribution < 1.29 is 38.1 Å². The van der Waals surface area contributed by atoms with E-state index in [4.69, 9.17) is 4.74 Å². The Kier molecular flexibility index (Phi) is 6.87. The molecule has 8 atom stereocenters. The van der Waals surface area contributed by atoms with E-state index in [0.29, 0.717) is 56.9 Å². The Morgan fingerprint density at radius 2 is 1.82 bits per heavy atom. The molecule has 0 heterocycles. The molecule has 0 aromatic carbocycles. The number of hydrogen-bond donors (Lipinski definition) is 1. The molecule has 4 fully saturated rings. The van der Waals surface area contributed by atoms with Gasteiger partial charge < -0.3 is 9.84 Å². The molecule has 1 radical (unpaired) electrons. The van der Waals surface area contributed by atoms with Gasteiger partial charge in [-0.3, -0.25) is 0 Å². The number of allylic oxidation sites excluding steroid dienone is 3. The van der Waals surface area contributed by atoms with E-state index in [0.717, 1.165) is 0 Å². The maximum absolute atomic E-state index is 16.7. The van der Waals surface area contributed by atoms with E-state index < -0.39 is 33.2 Å². The molecule has 2 nitrogen and oxygen atoms in total. The average Bonchev–Trinajstić information content (AvgIpc) is 2.96. The smallest absolute Gasteiger partial charge is 0.117 e. The van der Waals surface area contributed by atoms with E-state index in [9.17, 15) is 5.11 Å². The van der Waals surface area contributed by atoms with Crippen LogP contribution in [0, 0.1) is 35.0 Å². The molecule has 0 spiro atoms. The summed E-state index contributed by atoms with van der Waals surface area (Å²) in [7, 11) is 1.55. The molecule has 0 saturated heterocycles. The van der Waals surface area contributed by atoms with Gasteiger partial charge >= 0.3 is 0 Å². The van der Waals surface area contributed by atoms with Gasteiger partial charge in [-0.25, -0.2) is 22.3 Å². The summed E-state index contributed by atoms with van der Waals surface area (Å²) in [5.74, 6) is -0.208. The Morgan fingerprint density at radius 1 is 1.15 bits per heavy atom. The van der Waals surface area contributed by atoms with Gasteiger partial charge in [0.1, 0.15) is 11.3 Å². The molecule has 4 saturated carbocycles. The van der Waals surface area contributed by atoms with E-state index in [1.165, 1.54) is 0 Å². The van der Waals surface area contributed by atoms with Gasteiger partial charge in [-0.2, -0.15) is 5.57 Å². The number of methoxy groups -OCH3 is 1. The molecule has 0 amide bonds. The molecule has 0 bridgehead atoms. The third-order valence-electron chi connectivity index (χ3n) is 10.5. The van der Waals surface area contributed by atoms with Gasteiger partial charge in [0.05, 0.1) is 12.2 Å². The minimum Gasteiger partial charge on any atom is -0.387 e. The minimum absolute atomic E-state index is 0. The molecule has 4 aliphatic rings. The molecule has 33 heavy (non-hydrogen) atoms. The first-order valence-electron chi connectivity index (χ1n) is 12.0. The summed E-state index contributed by atoms with van der Waals surface area (Å²) < 4.78 is 38.4. The normalized spacial score (nSPS) is 50.6. The molecular weight excluding hydrogens is 509 g/mol. The maximum atomic E-state index is 16.7. The Labute approximate surface area is 211 Å². The number of aliphatic hydroxyl groups is 1. The Bertz CT molecular complexity index is 870. The van der Waals surface area contributed by atoms with E-state index in [1.54, 1.807) is 7.11 Å². The summed E-state index contributed by atoms with van der Waals surface area (Å²) in [6.07, 6.45) is 8.43. The van der Waals surface area contributed by atoms with Crippen molar-refractivity contribution in [1.82, 2.24) is 0 Å². The molecule has 0 aliphatic heterocycles. The number of ether oxygens (including phenoxy) is 1. The fourth-order valence-electron chi connectivity index (χ4n) is 9.04. The van der Waals surface area contributed by atoms with Gasteiger partial charge in [-0.15, -0.1) is 12.3 Å². The maximum Gasteiger partial charge on any atom is 0.117 e. The Morgan fingerprint density at radius 3 is 2.39 bits per heavy atom. The Hall–Kier alpha value is -0.727. The molecular formula is C28H39F2O2Rh-. The van der Waals surface area contributed by atoms with Crippen LogP contribution in [0.5, 0.6) is 0 Å². The zero-order chi connectivity index (χ0) is 23.6. The van der Waals surface area contributed by atoms with Crippen LogP contribution >= 0.6 is 0 Å². The number of rotatable bonds is 5. The van der Waals surface area contributed by atoms with Crippen molar-refractivity contribution in [2.75, 3.05) is 13.7 Å². The fourth-order valence-corrected chi connectivity index (χ4v) is 9.04. The molecule has 4 aliphatic carbocycles. The summed E-state index contributed by atoms with van der Waals surface area (Å²) in [5.41, 5.74) is -2.49. The van der Waals surface area contributed by atoms with E-state index in [-0.39, 0.29) is 44.3 Å². The van der Waals surface area contributed by atoms with Crippen molar-refractivity contribution in [3.63, 3.8) is 0 Å². The molecule has 0 aromatic rings. The van der Waals surface area contributed by atoms with Crippen LogP contribution < -0.4 is 0 Å². The van der Waals surface area contributed by atoms with Crippen LogP contribution in [-0.4, -0.2) is 35.8 Å². The first-order chi connectivity index (χ1) is 14.9. The second-order valence-electron chi connectivity index (χ2n) is 11.5. The van der Waals surface area contributed by atoms with Crippen molar-refractivity contribution in [1.29, 1.82) is 0 Å². The van der Waals surface area contributed by atoms with Gasteiger partial charge in [0.2, 0.25) is 0 Å². The monoisotopic (exact) mass is 548 g/mol. The molecule has 1 N–H and O–H groups in total. The number of hydrogen-bond acceptors (Lipinski definition) is 2. The molecule has 5 heteroatoms. The second kappa shape index (κ2) is 8.44. The summed E-state index contributed by atoms with van der Waals surface area (Å²) in [5, 5.41) is 11.0. The molecule has 0 unspecified atom stereocenters. The van der Waals surface area contributed by atoms with Crippen molar-refractivity contribution in [3.05, 3.63) is 50.1 Å². The minimum atomic E-state index is -1.57. The third-order valence-corrected chi connectivity index (χ3v) is 10.5. The van der Waals surface area contributed by atoms with Gasteiger partial charge in [0.15, 0.2) is 0 Å². The van der Waals surface area contributed by atoms with Crippen LogP contribution in [-0.2, 0) is 24.2 Å². The van der Waals surface area contributed by atoms with Gasteiger partial charge in [-0.1, -0.05) is 19.6 Å².